The number of hydrogen-bond donors (Lipinski definition) is 0. The van der Waals surface area contributed by atoms with E-state index in [2.05, 4.69) is 179 Å². The second-order valence-electron chi connectivity index (χ2n) is 18.9. The van der Waals surface area contributed by atoms with Crippen molar-refractivity contribution in [3.63, 3.8) is 0 Å². The van der Waals surface area contributed by atoms with E-state index < -0.39 is 0 Å². The van der Waals surface area contributed by atoms with E-state index in [4.69, 9.17) is 36.3 Å². The van der Waals surface area contributed by atoms with Gasteiger partial charge in [0.15, 0.2) is 22.7 Å². The van der Waals surface area contributed by atoms with Gasteiger partial charge in [-0.25, -0.2) is 29.3 Å². The fraction of sp³-hybridized carbons (Fsp3) is 0. The summed E-state index contributed by atoms with van der Waals surface area (Å²) in [5, 5.41) is 7.00. The molecule has 0 saturated carbocycles. The van der Waals surface area contributed by atoms with E-state index in [-0.39, 0.29) is 11.4 Å². The van der Waals surface area contributed by atoms with Crippen LogP contribution < -0.4 is 0 Å². The van der Waals surface area contributed by atoms with Gasteiger partial charge >= 0.3 is 0 Å². The molecular formula is C68H37N9. The molecule has 0 fully saturated rings. The van der Waals surface area contributed by atoms with Gasteiger partial charge in [0.25, 0.3) is 0 Å². The van der Waals surface area contributed by atoms with E-state index in [1.54, 1.807) is 48.5 Å². The van der Waals surface area contributed by atoms with Crippen molar-refractivity contribution in [2.24, 2.45) is 0 Å². The summed E-state index contributed by atoms with van der Waals surface area (Å²) in [5.74, 6) is 0.299. The lowest BCUT2D eigenvalue weighted by Gasteiger charge is -2.15. The fourth-order valence-electron chi connectivity index (χ4n) is 11.4. The molecule has 14 rings (SSSR count). The molecule has 4 heterocycles. The summed E-state index contributed by atoms with van der Waals surface area (Å²) in [6.07, 6.45) is 0. The second-order valence-corrected chi connectivity index (χ2v) is 18.9. The number of benzene rings is 10. The number of aromatic nitrogens is 5. The minimum Gasteiger partial charge on any atom is -0.309 e. The molecule has 0 atom stereocenters. The van der Waals surface area contributed by atoms with Crippen molar-refractivity contribution in [2.75, 3.05) is 0 Å². The lowest BCUT2D eigenvalue weighted by Crippen LogP contribution is -1.97. The highest BCUT2D eigenvalue weighted by Gasteiger charge is 2.22. The first kappa shape index (κ1) is 44.3. The van der Waals surface area contributed by atoms with Crippen molar-refractivity contribution >= 4 is 88.2 Å². The maximum absolute atomic E-state index is 8.49. The van der Waals surface area contributed by atoms with Gasteiger partial charge in [-0.2, -0.15) is 0 Å². The van der Waals surface area contributed by atoms with E-state index in [0.717, 1.165) is 66.5 Å². The number of rotatable bonds is 7. The Hall–Kier alpha value is -11.4. The van der Waals surface area contributed by atoms with E-state index in [0.29, 0.717) is 50.8 Å². The van der Waals surface area contributed by atoms with Gasteiger partial charge in [0, 0.05) is 60.5 Å². The van der Waals surface area contributed by atoms with Crippen molar-refractivity contribution in [3.8, 4) is 62.1 Å². The van der Waals surface area contributed by atoms with Crippen LogP contribution in [0.15, 0.2) is 224 Å². The molecule has 0 aliphatic rings. The van der Waals surface area contributed by atoms with Crippen LogP contribution in [0.5, 0.6) is 0 Å². The van der Waals surface area contributed by atoms with Gasteiger partial charge in [-0.3, -0.25) is 0 Å². The normalized spacial score (nSPS) is 11.3. The molecule has 10 aromatic carbocycles. The third-order valence-corrected chi connectivity index (χ3v) is 14.7. The zero-order valence-corrected chi connectivity index (χ0v) is 40.9. The van der Waals surface area contributed by atoms with E-state index in [1.807, 2.05) is 30.3 Å². The topological polar surface area (TPSA) is 58.0 Å². The standard InChI is InChI=1S/C68H37N9/c1-69-55-23-11-5-21-51(55)58-41-57(73-68(74-58)52-22-6-12-24-56(52)70-2)43-37-59(71-3)67(60(38-43)72-4)42-29-31-44(32-30-42)75-65-35-33-45(76-61-25-13-7-17-47(61)48-18-8-14-26-62(48)76)39-53(65)54-40-46(34-36-66(54)75)77-63-27-15-9-19-49(63)50-20-10-16-28-64(50)77/h5-41H. The molecule has 0 spiro atoms. The minimum absolute atomic E-state index is 0.290. The lowest BCUT2D eigenvalue weighted by molar-refractivity contribution is 1.16. The van der Waals surface area contributed by atoms with Crippen molar-refractivity contribution < 1.29 is 0 Å². The van der Waals surface area contributed by atoms with Gasteiger partial charge in [-0.1, -0.05) is 133 Å². The van der Waals surface area contributed by atoms with Gasteiger partial charge in [0.1, 0.15) is 5.82 Å². The smallest absolute Gasteiger partial charge is 0.198 e. The zero-order chi connectivity index (χ0) is 51.7. The first-order valence-electron chi connectivity index (χ1n) is 24.9. The predicted octanol–water partition coefficient (Wildman–Crippen LogP) is 18.6. The zero-order valence-electron chi connectivity index (χ0n) is 40.9. The quantitative estimate of drug-likeness (QED) is 0.149. The maximum atomic E-state index is 8.49. The second kappa shape index (κ2) is 17.7. The SMILES string of the molecule is [C-]#[N+]c1ccccc1-c1cc(-c2cc([N+]#[C-])c(-c3ccc(-n4c5ccc(-n6c7ccccc7c7ccccc76)cc5c5cc(-n6c7ccccc7c7ccccc76)ccc54)cc3)c([N+]#[C-])c2)nc(-c2ccccc2[N+]#[C-])n1. The summed E-state index contributed by atoms with van der Waals surface area (Å²) in [4.78, 5) is 25.4. The fourth-order valence-corrected chi connectivity index (χ4v) is 11.4. The van der Waals surface area contributed by atoms with Crippen LogP contribution in [0.1, 0.15) is 0 Å². The molecule has 4 aromatic heterocycles. The van der Waals surface area contributed by atoms with Crippen LogP contribution in [0.4, 0.5) is 22.7 Å². The number of fused-ring (bicyclic) bond motifs is 9. The number of para-hydroxylation sites is 6. The third kappa shape index (κ3) is 6.98. The molecule has 0 unspecified atom stereocenters. The Morgan fingerprint density at radius 2 is 0.662 bits per heavy atom. The van der Waals surface area contributed by atoms with Gasteiger partial charge in [-0.05, 0) is 108 Å². The Morgan fingerprint density at radius 1 is 0.286 bits per heavy atom. The van der Waals surface area contributed by atoms with Gasteiger partial charge in [0.2, 0.25) is 0 Å². The molecular weight excluding hydrogens is 943 g/mol. The molecule has 0 aliphatic heterocycles. The average molecular weight is 980 g/mol. The van der Waals surface area contributed by atoms with Crippen LogP contribution in [0.2, 0.25) is 0 Å². The van der Waals surface area contributed by atoms with Gasteiger partial charge in [0.05, 0.1) is 70.8 Å². The monoisotopic (exact) mass is 979 g/mol. The highest BCUT2D eigenvalue weighted by molar-refractivity contribution is 6.14. The largest absolute Gasteiger partial charge is 0.309 e. The summed E-state index contributed by atoms with van der Waals surface area (Å²) in [7, 11) is 0. The van der Waals surface area contributed by atoms with Gasteiger partial charge in [-0.15, -0.1) is 0 Å². The van der Waals surface area contributed by atoms with Gasteiger partial charge < -0.3 is 13.7 Å². The summed E-state index contributed by atoms with van der Waals surface area (Å²) < 4.78 is 7.03. The van der Waals surface area contributed by atoms with Crippen LogP contribution >= 0.6 is 0 Å². The van der Waals surface area contributed by atoms with Crippen molar-refractivity contribution in [1.29, 1.82) is 0 Å². The van der Waals surface area contributed by atoms with Crippen molar-refractivity contribution in [1.82, 2.24) is 23.7 Å². The Morgan fingerprint density at radius 3 is 1.14 bits per heavy atom. The minimum atomic E-state index is 0.290. The van der Waals surface area contributed by atoms with Crippen LogP contribution in [-0.2, 0) is 0 Å². The molecule has 0 N–H and O–H groups in total. The Balaban J connectivity index is 0.927. The van der Waals surface area contributed by atoms with Crippen LogP contribution in [0.25, 0.3) is 147 Å². The van der Waals surface area contributed by atoms with Crippen LogP contribution in [0, 0.1) is 26.3 Å². The van der Waals surface area contributed by atoms with Crippen LogP contribution in [-0.4, -0.2) is 23.7 Å². The predicted molar refractivity (Wildman–Crippen MR) is 312 cm³/mol. The molecule has 354 valence electrons. The number of hydrogen-bond acceptors (Lipinski definition) is 2. The molecule has 14 aromatic rings. The molecule has 0 aliphatic carbocycles. The summed E-state index contributed by atoms with van der Waals surface area (Å²) in [6, 6.07) is 75.6. The van der Waals surface area contributed by atoms with Crippen LogP contribution in [0.3, 0.4) is 0 Å². The van der Waals surface area contributed by atoms with E-state index >= 15 is 0 Å². The molecule has 0 amide bonds. The summed E-state index contributed by atoms with van der Waals surface area (Å²) in [5.41, 5.74) is 14.9. The third-order valence-electron chi connectivity index (χ3n) is 14.7. The Kier molecular flexibility index (Phi) is 10.2. The molecule has 9 nitrogen and oxygen atoms in total. The lowest BCUT2D eigenvalue weighted by atomic mass is 9.97. The Labute approximate surface area is 441 Å². The first-order valence-corrected chi connectivity index (χ1v) is 24.9. The van der Waals surface area contributed by atoms with E-state index in [9.17, 15) is 0 Å². The number of nitrogens with zero attached hydrogens (tertiary/aromatic N) is 9. The maximum Gasteiger partial charge on any atom is 0.198 e. The summed E-state index contributed by atoms with van der Waals surface area (Å²) >= 11 is 0. The first-order chi connectivity index (χ1) is 38.0. The average Bonchev–Trinajstić information content (AvgIpc) is 4.29. The molecule has 9 heteroatoms. The molecule has 0 radical (unpaired) electrons. The highest BCUT2D eigenvalue weighted by Crippen LogP contribution is 2.45. The van der Waals surface area contributed by atoms with Crippen molar-refractivity contribution in [2.45, 2.75) is 0 Å². The molecule has 0 bridgehead atoms. The van der Waals surface area contributed by atoms with E-state index in [1.165, 1.54) is 21.5 Å². The molecule has 0 saturated heterocycles. The molecule has 77 heavy (non-hydrogen) atoms. The highest BCUT2D eigenvalue weighted by atomic mass is 15.0. The Bertz CT molecular complexity index is 4600. The summed E-state index contributed by atoms with van der Waals surface area (Å²) in [6.45, 7) is 32.8. The van der Waals surface area contributed by atoms with Crippen molar-refractivity contribution in [3.05, 3.63) is 270 Å².